The maximum Gasteiger partial charge on any atom is 0.0948 e. The standard InChI is InChI=1S/C18H27NO3/c20-17(14-22-18-8-10-21-11-9-18)13-19(12-15-6-7-15)16-4-2-1-3-5-16/h1-5,15,17-18,20H,6-14H2. The van der Waals surface area contributed by atoms with E-state index in [0.29, 0.717) is 13.2 Å². The molecule has 0 radical (unpaired) electrons. The summed E-state index contributed by atoms with van der Waals surface area (Å²) in [6, 6.07) is 10.4. The molecule has 1 aromatic carbocycles. The molecule has 122 valence electrons. The van der Waals surface area contributed by atoms with E-state index in [1.165, 1.54) is 18.5 Å². The van der Waals surface area contributed by atoms with Crippen molar-refractivity contribution in [1.82, 2.24) is 0 Å². The van der Waals surface area contributed by atoms with Gasteiger partial charge in [-0.2, -0.15) is 0 Å². The van der Waals surface area contributed by atoms with Gasteiger partial charge in [-0.3, -0.25) is 0 Å². The van der Waals surface area contributed by atoms with E-state index in [0.717, 1.165) is 38.5 Å². The molecule has 4 nitrogen and oxygen atoms in total. The molecule has 22 heavy (non-hydrogen) atoms. The minimum absolute atomic E-state index is 0.247. The van der Waals surface area contributed by atoms with E-state index in [-0.39, 0.29) is 6.10 Å². The lowest BCUT2D eigenvalue weighted by molar-refractivity contribution is -0.0575. The number of benzene rings is 1. The van der Waals surface area contributed by atoms with Gasteiger partial charge >= 0.3 is 0 Å². The van der Waals surface area contributed by atoms with Crippen molar-refractivity contribution in [1.29, 1.82) is 0 Å². The highest BCUT2D eigenvalue weighted by atomic mass is 16.5. The molecule has 1 aliphatic carbocycles. The minimum atomic E-state index is -0.443. The molecule has 0 amide bonds. The monoisotopic (exact) mass is 305 g/mol. The van der Waals surface area contributed by atoms with E-state index in [2.05, 4.69) is 29.2 Å². The summed E-state index contributed by atoms with van der Waals surface area (Å²) < 4.78 is 11.2. The predicted octanol–water partition coefficient (Wildman–Crippen LogP) is 2.46. The Labute approximate surface area is 133 Å². The Balaban J connectivity index is 1.48. The van der Waals surface area contributed by atoms with Crippen molar-refractivity contribution in [3.63, 3.8) is 0 Å². The second kappa shape index (κ2) is 7.95. The van der Waals surface area contributed by atoms with E-state index in [4.69, 9.17) is 9.47 Å². The van der Waals surface area contributed by atoms with Gasteiger partial charge in [0.15, 0.2) is 0 Å². The molecule has 0 aromatic heterocycles. The smallest absolute Gasteiger partial charge is 0.0948 e. The van der Waals surface area contributed by atoms with Crippen LogP contribution in [0.25, 0.3) is 0 Å². The molecule has 1 aliphatic heterocycles. The van der Waals surface area contributed by atoms with Crippen molar-refractivity contribution in [2.75, 3.05) is 37.8 Å². The van der Waals surface area contributed by atoms with Gasteiger partial charge in [0.25, 0.3) is 0 Å². The highest BCUT2D eigenvalue weighted by Crippen LogP contribution is 2.31. The first-order valence-electron chi connectivity index (χ1n) is 8.48. The average Bonchev–Trinajstić information content (AvgIpc) is 3.38. The molecular weight excluding hydrogens is 278 g/mol. The number of aliphatic hydroxyl groups is 1. The van der Waals surface area contributed by atoms with Crippen molar-refractivity contribution in [2.24, 2.45) is 5.92 Å². The van der Waals surface area contributed by atoms with Gasteiger partial charge in [-0.15, -0.1) is 0 Å². The van der Waals surface area contributed by atoms with Crippen LogP contribution in [0.5, 0.6) is 0 Å². The van der Waals surface area contributed by atoms with E-state index < -0.39 is 6.10 Å². The molecular formula is C18H27NO3. The van der Waals surface area contributed by atoms with Crippen LogP contribution in [-0.4, -0.2) is 50.2 Å². The number of anilines is 1. The molecule has 3 rings (SSSR count). The third-order valence-electron chi connectivity index (χ3n) is 4.42. The zero-order valence-corrected chi connectivity index (χ0v) is 13.2. The summed E-state index contributed by atoms with van der Waals surface area (Å²) in [6.45, 7) is 3.65. The number of nitrogens with zero attached hydrogens (tertiary/aromatic N) is 1. The maximum atomic E-state index is 10.3. The molecule has 1 N–H and O–H groups in total. The Kier molecular flexibility index (Phi) is 5.70. The van der Waals surface area contributed by atoms with E-state index in [1.807, 2.05) is 6.07 Å². The summed E-state index contributed by atoms with van der Waals surface area (Å²) in [5.74, 6) is 0.795. The van der Waals surface area contributed by atoms with Gasteiger partial charge in [-0.25, -0.2) is 0 Å². The summed E-state index contributed by atoms with van der Waals surface area (Å²) in [4.78, 5) is 2.30. The lowest BCUT2D eigenvalue weighted by Gasteiger charge is -2.29. The fraction of sp³-hybridized carbons (Fsp3) is 0.667. The Morgan fingerprint density at radius 3 is 2.55 bits per heavy atom. The third kappa shape index (κ3) is 4.97. The fourth-order valence-electron chi connectivity index (χ4n) is 2.93. The van der Waals surface area contributed by atoms with Gasteiger partial charge in [-0.1, -0.05) is 18.2 Å². The average molecular weight is 305 g/mol. The van der Waals surface area contributed by atoms with Gasteiger partial charge in [-0.05, 0) is 43.7 Å². The SMILES string of the molecule is OC(COC1CCOCC1)CN(CC1CC1)c1ccccc1. The first-order chi connectivity index (χ1) is 10.8. The first kappa shape index (κ1) is 15.8. The van der Waals surface area contributed by atoms with Gasteiger partial charge in [0.1, 0.15) is 0 Å². The van der Waals surface area contributed by atoms with Crippen LogP contribution in [0.3, 0.4) is 0 Å². The lowest BCUT2D eigenvalue weighted by atomic mass is 10.1. The molecule has 1 aromatic rings. The van der Waals surface area contributed by atoms with E-state index >= 15 is 0 Å². The van der Waals surface area contributed by atoms with Crippen LogP contribution in [0.15, 0.2) is 30.3 Å². The van der Waals surface area contributed by atoms with Crippen LogP contribution in [-0.2, 0) is 9.47 Å². The second-order valence-corrected chi connectivity index (χ2v) is 6.48. The van der Waals surface area contributed by atoms with E-state index in [9.17, 15) is 5.11 Å². The number of hydrogen-bond donors (Lipinski definition) is 1. The number of ether oxygens (including phenoxy) is 2. The largest absolute Gasteiger partial charge is 0.389 e. The normalized spacial score (nSPS) is 20.8. The van der Waals surface area contributed by atoms with Crippen molar-refractivity contribution >= 4 is 5.69 Å². The number of para-hydroxylation sites is 1. The summed E-state index contributed by atoms with van der Waals surface area (Å²) in [5.41, 5.74) is 1.19. The Bertz CT molecular complexity index is 429. The number of aliphatic hydroxyl groups excluding tert-OH is 1. The first-order valence-corrected chi connectivity index (χ1v) is 8.48. The summed E-state index contributed by atoms with van der Waals surface area (Å²) in [7, 11) is 0. The van der Waals surface area contributed by atoms with Crippen LogP contribution in [0.4, 0.5) is 5.69 Å². The minimum Gasteiger partial charge on any atom is -0.389 e. The lowest BCUT2D eigenvalue weighted by Crippen LogP contribution is -2.37. The van der Waals surface area contributed by atoms with Crippen molar-refractivity contribution in [3.05, 3.63) is 30.3 Å². The maximum absolute atomic E-state index is 10.3. The van der Waals surface area contributed by atoms with Gasteiger partial charge < -0.3 is 19.5 Å². The highest BCUT2D eigenvalue weighted by Gasteiger charge is 2.26. The van der Waals surface area contributed by atoms with Crippen LogP contribution in [0.2, 0.25) is 0 Å². The zero-order chi connectivity index (χ0) is 15.2. The van der Waals surface area contributed by atoms with Crippen LogP contribution < -0.4 is 4.90 Å². The Hall–Kier alpha value is -1.10. The van der Waals surface area contributed by atoms with Crippen molar-refractivity contribution in [3.8, 4) is 0 Å². The molecule has 2 fully saturated rings. The third-order valence-corrected chi connectivity index (χ3v) is 4.42. The Morgan fingerprint density at radius 2 is 1.86 bits per heavy atom. The van der Waals surface area contributed by atoms with Gasteiger partial charge in [0.05, 0.1) is 18.8 Å². The highest BCUT2D eigenvalue weighted by molar-refractivity contribution is 5.46. The van der Waals surface area contributed by atoms with Crippen LogP contribution >= 0.6 is 0 Å². The molecule has 1 heterocycles. The summed E-state index contributed by atoms with van der Waals surface area (Å²) in [5, 5.41) is 10.3. The molecule has 2 aliphatic rings. The number of rotatable bonds is 8. The molecule has 0 spiro atoms. The molecule has 1 atom stereocenters. The van der Waals surface area contributed by atoms with Crippen LogP contribution in [0, 0.1) is 5.92 Å². The van der Waals surface area contributed by atoms with Crippen molar-refractivity contribution < 1.29 is 14.6 Å². The summed E-state index contributed by atoms with van der Waals surface area (Å²) in [6.07, 6.45) is 4.32. The topological polar surface area (TPSA) is 41.9 Å². The molecule has 1 unspecified atom stereocenters. The fourth-order valence-corrected chi connectivity index (χ4v) is 2.93. The zero-order valence-electron chi connectivity index (χ0n) is 13.2. The molecule has 4 heteroatoms. The second-order valence-electron chi connectivity index (χ2n) is 6.48. The quantitative estimate of drug-likeness (QED) is 0.801. The molecule has 0 bridgehead atoms. The van der Waals surface area contributed by atoms with Crippen LogP contribution in [0.1, 0.15) is 25.7 Å². The predicted molar refractivity (Wildman–Crippen MR) is 87.2 cm³/mol. The molecule has 1 saturated carbocycles. The molecule has 1 saturated heterocycles. The summed E-state index contributed by atoms with van der Waals surface area (Å²) >= 11 is 0. The Morgan fingerprint density at radius 1 is 1.14 bits per heavy atom. The number of hydrogen-bond acceptors (Lipinski definition) is 4. The van der Waals surface area contributed by atoms with E-state index in [1.54, 1.807) is 0 Å². The van der Waals surface area contributed by atoms with Crippen molar-refractivity contribution in [2.45, 2.75) is 37.9 Å². The van der Waals surface area contributed by atoms with Gasteiger partial charge in [0, 0.05) is 32.0 Å². The van der Waals surface area contributed by atoms with Gasteiger partial charge in [0.2, 0.25) is 0 Å².